The van der Waals surface area contributed by atoms with E-state index in [1.807, 2.05) is 0 Å². The van der Waals surface area contributed by atoms with Gasteiger partial charge in [0, 0.05) is 17.2 Å². The van der Waals surface area contributed by atoms with E-state index in [-0.39, 0.29) is 41.8 Å². The van der Waals surface area contributed by atoms with Crippen LogP contribution in [0.15, 0.2) is 24.5 Å². The molecule has 0 saturated carbocycles. The smallest absolute Gasteiger partial charge is 0.416 e. The zero-order valence-corrected chi connectivity index (χ0v) is 19.1. The van der Waals surface area contributed by atoms with Gasteiger partial charge in [-0.2, -0.15) is 0 Å². The number of carbonyl (C=O) groups excluding carboxylic acids is 2. The third kappa shape index (κ3) is 3.57. The molecule has 34 heavy (non-hydrogen) atoms. The lowest BCUT2D eigenvalue weighted by Gasteiger charge is -2.29. The molecule has 0 N–H and O–H groups in total. The topological polar surface area (TPSA) is 104 Å². The van der Waals surface area contributed by atoms with Crippen molar-refractivity contribution < 1.29 is 32.9 Å². The van der Waals surface area contributed by atoms with E-state index in [1.54, 1.807) is 26.8 Å². The summed E-state index contributed by atoms with van der Waals surface area (Å²) in [5.74, 6) is -0.443. The molecular formula is C23H23FN4O6. The van der Waals surface area contributed by atoms with Gasteiger partial charge in [-0.05, 0) is 32.9 Å². The lowest BCUT2D eigenvalue weighted by Crippen LogP contribution is -2.38. The Hall–Kier alpha value is -3.89. The third-order valence-corrected chi connectivity index (χ3v) is 5.65. The van der Waals surface area contributed by atoms with E-state index in [9.17, 15) is 9.59 Å². The first kappa shape index (κ1) is 21.9. The average Bonchev–Trinajstić information content (AvgIpc) is 3.42. The summed E-state index contributed by atoms with van der Waals surface area (Å²) in [5.41, 5.74) is 0.394. The van der Waals surface area contributed by atoms with Gasteiger partial charge in [0.15, 0.2) is 17.2 Å². The molecule has 11 heteroatoms. The molecule has 0 unspecified atom stereocenters. The Morgan fingerprint density at radius 2 is 1.91 bits per heavy atom. The summed E-state index contributed by atoms with van der Waals surface area (Å²) in [6, 6.07) is 4.34. The molecule has 0 bridgehead atoms. The van der Waals surface area contributed by atoms with E-state index < -0.39 is 23.5 Å². The summed E-state index contributed by atoms with van der Waals surface area (Å²) < 4.78 is 39.0. The zero-order valence-electron chi connectivity index (χ0n) is 19.1. The van der Waals surface area contributed by atoms with Crippen LogP contribution in [0.5, 0.6) is 11.5 Å². The summed E-state index contributed by atoms with van der Waals surface area (Å²) in [7, 11) is 1.25. The predicted octanol–water partition coefficient (Wildman–Crippen LogP) is 3.47. The molecule has 1 atom stereocenters. The number of hydrogen-bond acceptors (Lipinski definition) is 8. The SMILES string of the molecule is COC(=O)c1cc2c(n3cnnc13)N(C(=O)OC(C)(C)C)Cc1c(F)ccc3c1[C@H](CO3)CO2. The lowest BCUT2D eigenvalue weighted by molar-refractivity contribution is 0.0573. The maximum Gasteiger partial charge on any atom is 0.416 e. The molecule has 0 fully saturated rings. The average molecular weight is 470 g/mol. The second-order valence-electron chi connectivity index (χ2n) is 9.09. The van der Waals surface area contributed by atoms with Crippen molar-refractivity contribution in [3.05, 3.63) is 47.0 Å². The molecular weight excluding hydrogens is 447 g/mol. The number of rotatable bonds is 1. The first-order valence-electron chi connectivity index (χ1n) is 10.7. The van der Waals surface area contributed by atoms with Crippen LogP contribution in [0, 0.1) is 5.82 Å². The Morgan fingerprint density at radius 3 is 2.62 bits per heavy atom. The van der Waals surface area contributed by atoms with E-state index in [1.165, 1.54) is 34.9 Å². The minimum atomic E-state index is -0.822. The van der Waals surface area contributed by atoms with Crippen molar-refractivity contribution >= 4 is 23.5 Å². The highest BCUT2D eigenvalue weighted by molar-refractivity contribution is 5.98. The number of benzene rings is 1. The van der Waals surface area contributed by atoms with E-state index in [2.05, 4.69) is 10.2 Å². The Labute approximate surface area is 194 Å². The van der Waals surface area contributed by atoms with Crippen molar-refractivity contribution in [2.24, 2.45) is 0 Å². The van der Waals surface area contributed by atoms with Crippen LogP contribution >= 0.6 is 0 Å². The lowest BCUT2D eigenvalue weighted by atomic mass is 9.95. The van der Waals surface area contributed by atoms with Gasteiger partial charge in [-0.3, -0.25) is 9.30 Å². The molecule has 0 spiro atoms. The fourth-order valence-corrected chi connectivity index (χ4v) is 4.23. The van der Waals surface area contributed by atoms with Crippen LogP contribution in [0.4, 0.5) is 15.0 Å². The maximum absolute atomic E-state index is 15.2. The molecule has 5 rings (SSSR count). The number of fused-ring (bicyclic) bond motifs is 3. The molecule has 10 nitrogen and oxygen atoms in total. The van der Waals surface area contributed by atoms with Crippen LogP contribution in [-0.4, -0.2) is 52.6 Å². The van der Waals surface area contributed by atoms with Gasteiger partial charge in [0.25, 0.3) is 0 Å². The second-order valence-corrected chi connectivity index (χ2v) is 9.09. The normalized spacial score (nSPS) is 17.0. The molecule has 1 amide bonds. The molecule has 2 aliphatic rings. The zero-order chi connectivity index (χ0) is 24.2. The predicted molar refractivity (Wildman–Crippen MR) is 117 cm³/mol. The first-order chi connectivity index (χ1) is 16.2. The van der Waals surface area contributed by atoms with Gasteiger partial charge in [-0.1, -0.05) is 0 Å². The maximum atomic E-state index is 15.2. The fourth-order valence-electron chi connectivity index (χ4n) is 4.23. The highest BCUT2D eigenvalue weighted by Crippen LogP contribution is 2.43. The number of carbonyl (C=O) groups is 2. The number of halogens is 1. The van der Waals surface area contributed by atoms with Crippen molar-refractivity contribution in [1.82, 2.24) is 14.6 Å². The van der Waals surface area contributed by atoms with Gasteiger partial charge in [-0.15, -0.1) is 10.2 Å². The summed E-state index contributed by atoms with van der Waals surface area (Å²) in [4.78, 5) is 27.2. The number of hydrogen-bond donors (Lipinski definition) is 0. The number of pyridine rings is 1. The quantitative estimate of drug-likeness (QED) is 0.498. The molecule has 1 aromatic carbocycles. The standard InChI is InChI=1S/C23H23FN4O6/c1-23(2,3)34-22(30)27-8-14-15(24)5-6-16-18(14)12(9-32-16)10-33-17-7-13(21(29)31-4)19-26-25-11-28(19)20(17)27/h5-7,11-12H,8-10H2,1-4H3/t12-/m1/s1. The third-order valence-electron chi connectivity index (χ3n) is 5.65. The van der Waals surface area contributed by atoms with Crippen molar-refractivity contribution in [1.29, 1.82) is 0 Å². The van der Waals surface area contributed by atoms with Gasteiger partial charge in [-0.25, -0.2) is 14.0 Å². The van der Waals surface area contributed by atoms with Crippen LogP contribution in [0.3, 0.4) is 0 Å². The van der Waals surface area contributed by atoms with Gasteiger partial charge < -0.3 is 18.9 Å². The Morgan fingerprint density at radius 1 is 1.18 bits per heavy atom. The number of anilines is 1. The van der Waals surface area contributed by atoms with Gasteiger partial charge in [0.05, 0.1) is 32.8 Å². The molecule has 2 aromatic heterocycles. The van der Waals surface area contributed by atoms with Crippen LogP contribution in [-0.2, 0) is 16.0 Å². The second kappa shape index (κ2) is 7.86. The minimum Gasteiger partial charge on any atom is -0.493 e. The van der Waals surface area contributed by atoms with E-state index in [0.717, 1.165) is 0 Å². The highest BCUT2D eigenvalue weighted by Gasteiger charge is 2.37. The summed E-state index contributed by atoms with van der Waals surface area (Å²) in [6.07, 6.45) is 0.617. The van der Waals surface area contributed by atoms with Crippen LogP contribution in [0.1, 0.15) is 48.2 Å². The number of ether oxygens (including phenoxy) is 4. The Bertz CT molecular complexity index is 1320. The van der Waals surface area contributed by atoms with Crippen LogP contribution < -0.4 is 14.4 Å². The van der Waals surface area contributed by atoms with Crippen molar-refractivity contribution in [2.45, 2.75) is 38.8 Å². The summed E-state index contributed by atoms with van der Waals surface area (Å²) >= 11 is 0. The van der Waals surface area contributed by atoms with E-state index in [4.69, 9.17) is 18.9 Å². The van der Waals surface area contributed by atoms with Crippen molar-refractivity contribution in [3.8, 4) is 11.5 Å². The molecule has 0 aliphatic carbocycles. The first-order valence-corrected chi connectivity index (χ1v) is 10.7. The van der Waals surface area contributed by atoms with Crippen LogP contribution in [0.2, 0.25) is 0 Å². The van der Waals surface area contributed by atoms with Gasteiger partial charge >= 0.3 is 12.1 Å². The molecule has 0 saturated heterocycles. The number of amides is 1. The Kier molecular flexibility index (Phi) is 5.07. The van der Waals surface area contributed by atoms with E-state index >= 15 is 4.39 Å². The molecule has 178 valence electrons. The molecule has 0 radical (unpaired) electrons. The number of nitrogens with zero attached hydrogens (tertiary/aromatic N) is 4. The summed E-state index contributed by atoms with van der Waals surface area (Å²) in [5, 5.41) is 7.94. The number of methoxy groups -OCH3 is 1. The van der Waals surface area contributed by atoms with Crippen molar-refractivity contribution in [2.75, 3.05) is 25.2 Å². The van der Waals surface area contributed by atoms with Gasteiger partial charge in [0.2, 0.25) is 0 Å². The van der Waals surface area contributed by atoms with Crippen molar-refractivity contribution in [3.63, 3.8) is 0 Å². The number of aromatic nitrogens is 3. The highest BCUT2D eigenvalue weighted by atomic mass is 19.1. The Balaban J connectivity index is 1.76. The number of esters is 1. The monoisotopic (exact) mass is 470 g/mol. The largest absolute Gasteiger partial charge is 0.493 e. The summed E-state index contributed by atoms with van der Waals surface area (Å²) in [6.45, 7) is 5.47. The minimum absolute atomic E-state index is 0.106. The van der Waals surface area contributed by atoms with Gasteiger partial charge in [0.1, 0.15) is 29.1 Å². The molecule has 4 heterocycles. The van der Waals surface area contributed by atoms with E-state index in [0.29, 0.717) is 23.5 Å². The van der Waals surface area contributed by atoms with Crippen LogP contribution in [0.25, 0.3) is 5.65 Å². The molecule has 3 aromatic rings. The fraction of sp³-hybridized carbons (Fsp3) is 0.391. The molecule has 2 aliphatic heterocycles.